The molecule has 0 saturated heterocycles. The van der Waals surface area contributed by atoms with Crippen LogP contribution in [0.1, 0.15) is 9.67 Å². The van der Waals surface area contributed by atoms with Crippen molar-refractivity contribution in [1.29, 1.82) is 0 Å². The molecule has 2 N–H and O–H groups in total. The molecule has 4 rings (SSSR count). The van der Waals surface area contributed by atoms with Gasteiger partial charge in [0.25, 0.3) is 11.8 Å². The summed E-state index contributed by atoms with van der Waals surface area (Å²) in [5, 5.41) is 6.20. The number of rotatable bonds is 7. The van der Waals surface area contributed by atoms with Crippen LogP contribution in [-0.4, -0.2) is 30.5 Å². The maximum Gasteiger partial charge on any atom is 0.268 e. The fraction of sp³-hybridized carbons (Fsp3) is 0.0800. The van der Waals surface area contributed by atoms with E-state index in [0.29, 0.717) is 22.0 Å². The lowest BCUT2D eigenvalue weighted by Crippen LogP contribution is -2.24. The highest BCUT2D eigenvalue weighted by Crippen LogP contribution is 2.34. The van der Waals surface area contributed by atoms with Gasteiger partial charge in [0, 0.05) is 29.9 Å². The molecular formula is C25H21N3O3S. The lowest BCUT2D eigenvalue weighted by atomic mass is 10.1. The minimum absolute atomic E-state index is 0.0959. The van der Waals surface area contributed by atoms with Crippen molar-refractivity contribution in [3.63, 3.8) is 0 Å². The van der Waals surface area contributed by atoms with E-state index in [2.05, 4.69) is 10.6 Å². The predicted octanol–water partition coefficient (Wildman–Crippen LogP) is 4.85. The number of benzene rings is 3. The number of nitrogens with zero attached hydrogens (tertiary/aromatic N) is 1. The van der Waals surface area contributed by atoms with E-state index in [1.165, 1.54) is 11.3 Å². The summed E-state index contributed by atoms with van der Waals surface area (Å²) in [6, 6.07) is 26.4. The second-order valence-corrected chi connectivity index (χ2v) is 7.87. The number of hydrogen-bond acceptors (Lipinski definition) is 5. The van der Waals surface area contributed by atoms with Crippen molar-refractivity contribution < 1.29 is 14.3 Å². The molecule has 160 valence electrons. The smallest absolute Gasteiger partial charge is 0.268 e. The second kappa shape index (κ2) is 9.89. The summed E-state index contributed by atoms with van der Waals surface area (Å²) < 4.78 is 5.47. The molecule has 0 aliphatic heterocycles. The lowest BCUT2D eigenvalue weighted by Gasteiger charge is -2.09. The van der Waals surface area contributed by atoms with E-state index in [0.717, 1.165) is 16.1 Å². The summed E-state index contributed by atoms with van der Waals surface area (Å²) in [7, 11) is 1.55. The van der Waals surface area contributed by atoms with Crippen molar-refractivity contribution in [3.05, 3.63) is 89.8 Å². The zero-order valence-electron chi connectivity index (χ0n) is 17.4. The Morgan fingerprint density at radius 1 is 0.906 bits per heavy atom. The number of likely N-dealkylation sites (N-methyl/N-ethyl adjacent to an activating group) is 1. The number of anilines is 1. The van der Waals surface area contributed by atoms with Crippen molar-refractivity contribution in [3.8, 4) is 27.6 Å². The minimum Gasteiger partial charge on any atom is -0.484 e. The maximum absolute atomic E-state index is 13.2. The Bertz CT molecular complexity index is 1220. The Hall–Kier alpha value is -3.97. The molecule has 0 aliphatic rings. The van der Waals surface area contributed by atoms with Crippen molar-refractivity contribution in [2.45, 2.75) is 0 Å². The number of carbonyl (C=O) groups is 2. The quantitative estimate of drug-likeness (QED) is 0.428. The highest BCUT2D eigenvalue weighted by molar-refractivity contribution is 7.17. The van der Waals surface area contributed by atoms with Crippen LogP contribution in [0.15, 0.2) is 84.9 Å². The SMILES string of the molecule is CNC(=O)COc1cccc(NC(=O)c2sc(-c3ccccc3)nc2-c2ccccc2)c1. The first kappa shape index (κ1) is 21.3. The first-order chi connectivity index (χ1) is 15.6. The molecule has 0 unspecified atom stereocenters. The number of amides is 2. The minimum atomic E-state index is -0.257. The number of hydrogen-bond donors (Lipinski definition) is 2. The third kappa shape index (κ3) is 5.01. The average molecular weight is 444 g/mol. The standard InChI is InChI=1S/C25H21N3O3S/c1-26-21(29)16-31-20-14-8-13-19(15-20)27-24(30)23-22(17-9-4-2-5-10-17)28-25(32-23)18-11-6-3-7-12-18/h2-15H,16H2,1H3,(H,26,29)(H,27,30). The van der Waals surface area contributed by atoms with Crippen molar-refractivity contribution in [2.75, 3.05) is 19.0 Å². The molecule has 0 fully saturated rings. The largest absolute Gasteiger partial charge is 0.484 e. The molecule has 1 heterocycles. The van der Waals surface area contributed by atoms with E-state index >= 15 is 0 Å². The fourth-order valence-electron chi connectivity index (χ4n) is 3.04. The van der Waals surface area contributed by atoms with Gasteiger partial charge in [0.05, 0.1) is 5.69 Å². The van der Waals surface area contributed by atoms with Crippen LogP contribution in [0.5, 0.6) is 5.75 Å². The Balaban J connectivity index is 1.62. The Kier molecular flexibility index (Phi) is 6.57. The monoisotopic (exact) mass is 443 g/mol. The Morgan fingerprint density at radius 3 is 2.28 bits per heavy atom. The summed E-state index contributed by atoms with van der Waals surface area (Å²) in [5.74, 6) is 0.000917. The van der Waals surface area contributed by atoms with Crippen LogP contribution in [-0.2, 0) is 4.79 Å². The van der Waals surface area contributed by atoms with Gasteiger partial charge in [-0.3, -0.25) is 9.59 Å². The van der Waals surface area contributed by atoms with E-state index in [-0.39, 0.29) is 18.4 Å². The summed E-state index contributed by atoms with van der Waals surface area (Å²) in [4.78, 5) is 29.9. The molecule has 3 aromatic carbocycles. The zero-order chi connectivity index (χ0) is 22.3. The highest BCUT2D eigenvalue weighted by Gasteiger charge is 2.20. The Morgan fingerprint density at radius 2 is 1.59 bits per heavy atom. The third-order valence-corrected chi connectivity index (χ3v) is 5.75. The van der Waals surface area contributed by atoms with Gasteiger partial charge in [-0.1, -0.05) is 66.7 Å². The van der Waals surface area contributed by atoms with Crippen LogP contribution in [0.25, 0.3) is 21.8 Å². The number of thiazole rings is 1. The van der Waals surface area contributed by atoms with Gasteiger partial charge in [0.2, 0.25) is 0 Å². The van der Waals surface area contributed by atoms with E-state index in [9.17, 15) is 9.59 Å². The first-order valence-electron chi connectivity index (χ1n) is 10.0. The van der Waals surface area contributed by atoms with Crippen molar-refractivity contribution in [1.82, 2.24) is 10.3 Å². The van der Waals surface area contributed by atoms with Crippen LogP contribution < -0.4 is 15.4 Å². The van der Waals surface area contributed by atoms with Crippen LogP contribution in [0.3, 0.4) is 0 Å². The second-order valence-electron chi connectivity index (χ2n) is 6.87. The molecule has 0 aliphatic carbocycles. The van der Waals surface area contributed by atoms with Gasteiger partial charge in [-0.15, -0.1) is 11.3 Å². The number of ether oxygens (including phenoxy) is 1. The molecule has 2 amide bonds. The molecule has 4 aromatic rings. The van der Waals surface area contributed by atoms with Gasteiger partial charge in [0.1, 0.15) is 15.6 Å². The molecule has 32 heavy (non-hydrogen) atoms. The number of aromatic nitrogens is 1. The van der Waals surface area contributed by atoms with Gasteiger partial charge in [-0.25, -0.2) is 4.98 Å². The van der Waals surface area contributed by atoms with Crippen molar-refractivity contribution >= 4 is 28.8 Å². The van der Waals surface area contributed by atoms with Crippen LogP contribution in [0.4, 0.5) is 5.69 Å². The number of nitrogens with one attached hydrogen (secondary N) is 2. The van der Waals surface area contributed by atoms with E-state index in [1.54, 1.807) is 31.3 Å². The van der Waals surface area contributed by atoms with E-state index in [1.807, 2.05) is 60.7 Å². The lowest BCUT2D eigenvalue weighted by molar-refractivity contribution is -0.122. The zero-order valence-corrected chi connectivity index (χ0v) is 18.2. The Labute approximate surface area is 189 Å². The van der Waals surface area contributed by atoms with Crippen LogP contribution in [0, 0.1) is 0 Å². The highest BCUT2D eigenvalue weighted by atomic mass is 32.1. The molecule has 0 atom stereocenters. The molecule has 1 aromatic heterocycles. The number of carbonyl (C=O) groups excluding carboxylic acids is 2. The normalized spacial score (nSPS) is 10.4. The van der Waals surface area contributed by atoms with Gasteiger partial charge in [-0.05, 0) is 12.1 Å². The molecule has 0 radical (unpaired) electrons. The predicted molar refractivity (Wildman–Crippen MR) is 127 cm³/mol. The molecule has 7 heteroatoms. The van der Waals surface area contributed by atoms with Crippen LogP contribution in [0.2, 0.25) is 0 Å². The molecule has 0 spiro atoms. The summed E-state index contributed by atoms with van der Waals surface area (Å²) in [5.41, 5.74) is 3.04. The first-order valence-corrected chi connectivity index (χ1v) is 10.8. The third-order valence-electron chi connectivity index (χ3n) is 4.64. The maximum atomic E-state index is 13.2. The molecule has 0 saturated carbocycles. The molecule has 6 nitrogen and oxygen atoms in total. The molecular weight excluding hydrogens is 422 g/mol. The van der Waals surface area contributed by atoms with Gasteiger partial charge >= 0.3 is 0 Å². The average Bonchev–Trinajstić information content (AvgIpc) is 3.30. The fourth-order valence-corrected chi connectivity index (χ4v) is 4.03. The van der Waals surface area contributed by atoms with Gasteiger partial charge in [0.15, 0.2) is 6.61 Å². The summed E-state index contributed by atoms with van der Waals surface area (Å²) in [6.45, 7) is -0.0959. The van der Waals surface area contributed by atoms with Crippen LogP contribution >= 0.6 is 11.3 Å². The summed E-state index contributed by atoms with van der Waals surface area (Å²) >= 11 is 1.35. The molecule has 0 bridgehead atoms. The van der Waals surface area contributed by atoms with E-state index < -0.39 is 0 Å². The van der Waals surface area contributed by atoms with Gasteiger partial charge in [-0.2, -0.15) is 0 Å². The van der Waals surface area contributed by atoms with E-state index in [4.69, 9.17) is 9.72 Å². The summed E-state index contributed by atoms with van der Waals surface area (Å²) in [6.07, 6.45) is 0. The van der Waals surface area contributed by atoms with Crippen molar-refractivity contribution in [2.24, 2.45) is 0 Å². The van der Waals surface area contributed by atoms with Gasteiger partial charge < -0.3 is 15.4 Å². The topological polar surface area (TPSA) is 80.3 Å².